The Bertz CT molecular complexity index is 1540. The van der Waals surface area contributed by atoms with Gasteiger partial charge in [0, 0.05) is 25.1 Å². The Morgan fingerprint density at radius 1 is 1.13 bits per heavy atom. The van der Waals surface area contributed by atoms with Gasteiger partial charge in [0.15, 0.2) is 15.2 Å². The Morgan fingerprint density at radius 2 is 1.78 bits per heavy atom. The molecule has 2 aromatic rings. The summed E-state index contributed by atoms with van der Waals surface area (Å²) in [5.41, 5.74) is 4.71. The lowest BCUT2D eigenvalue weighted by Crippen LogP contribution is -2.58. The van der Waals surface area contributed by atoms with Gasteiger partial charge in [-0.15, -0.1) is 0 Å². The van der Waals surface area contributed by atoms with E-state index < -0.39 is 50.7 Å². The molecule has 1 saturated heterocycles. The molecule has 3 N–H and O–H groups in total. The minimum atomic E-state index is -3.31. The highest BCUT2D eigenvalue weighted by molar-refractivity contribution is 7.91. The maximum Gasteiger partial charge on any atom is 0.404 e. The molecule has 2 heterocycles. The number of aliphatic hydroxyl groups excluding tert-OH is 1. The molecule has 13 nitrogen and oxygen atoms in total. The topological polar surface area (TPSA) is 186 Å². The summed E-state index contributed by atoms with van der Waals surface area (Å²) >= 11 is 5.76. The lowest BCUT2D eigenvalue weighted by Gasteiger charge is -2.38. The molecule has 0 aliphatic carbocycles. The van der Waals surface area contributed by atoms with Crippen LogP contribution in [0.4, 0.5) is 9.59 Å². The second-order valence-corrected chi connectivity index (χ2v) is 13.4. The number of halogens is 1. The molecule has 250 valence electrons. The van der Waals surface area contributed by atoms with Gasteiger partial charge in [-0.05, 0) is 36.1 Å². The van der Waals surface area contributed by atoms with Crippen molar-refractivity contribution in [3.63, 3.8) is 0 Å². The lowest BCUT2D eigenvalue weighted by atomic mass is 9.75. The molecule has 4 rings (SSSR count). The molecule has 1 fully saturated rings. The predicted molar refractivity (Wildman–Crippen MR) is 171 cm³/mol. The van der Waals surface area contributed by atoms with Crippen molar-refractivity contribution < 1.29 is 42.2 Å². The van der Waals surface area contributed by atoms with E-state index in [-0.39, 0.29) is 37.7 Å². The largest absolute Gasteiger partial charge is 0.495 e. The van der Waals surface area contributed by atoms with E-state index in [1.807, 2.05) is 6.92 Å². The maximum atomic E-state index is 13.3. The second kappa shape index (κ2) is 16.0. The smallest absolute Gasteiger partial charge is 0.404 e. The van der Waals surface area contributed by atoms with E-state index in [2.05, 4.69) is 4.99 Å². The van der Waals surface area contributed by atoms with Crippen LogP contribution in [0.15, 0.2) is 59.6 Å². The van der Waals surface area contributed by atoms with Gasteiger partial charge >= 0.3 is 12.1 Å². The number of nitrogens with zero attached hydrogens (tertiary/aromatic N) is 3. The summed E-state index contributed by atoms with van der Waals surface area (Å²) < 4.78 is 34.5. The van der Waals surface area contributed by atoms with Crippen molar-refractivity contribution in [2.24, 2.45) is 10.7 Å². The first-order valence-electron chi connectivity index (χ1n) is 14.7. The number of hydrogen-bond acceptors (Lipinski definition) is 8. The second-order valence-electron chi connectivity index (χ2n) is 10.8. The van der Waals surface area contributed by atoms with Crippen LogP contribution in [0.5, 0.6) is 0 Å². The number of ether oxygens (including phenoxy) is 2. The molecule has 0 bridgehead atoms. The fraction of sp³-hybridized carbons (Fsp3) is 0.452. The summed E-state index contributed by atoms with van der Waals surface area (Å²) in [6.45, 7) is 3.86. The first-order chi connectivity index (χ1) is 21.8. The minimum absolute atomic E-state index is 0.0276. The van der Waals surface area contributed by atoms with Gasteiger partial charge < -0.3 is 25.2 Å². The number of benzene rings is 2. The lowest BCUT2D eigenvalue weighted by molar-refractivity contribution is -0.134. The van der Waals surface area contributed by atoms with E-state index in [1.165, 1.54) is 11.9 Å². The van der Waals surface area contributed by atoms with Gasteiger partial charge in [-0.2, -0.15) is 4.99 Å². The van der Waals surface area contributed by atoms with E-state index in [9.17, 15) is 32.7 Å². The average molecular weight is 679 g/mol. The molecular formula is C31H39ClN4O9S. The highest BCUT2D eigenvalue weighted by Crippen LogP contribution is 2.35. The quantitative estimate of drug-likeness (QED) is 0.329. The van der Waals surface area contributed by atoms with Crippen molar-refractivity contribution in [2.75, 3.05) is 32.6 Å². The zero-order chi connectivity index (χ0) is 34.1. The van der Waals surface area contributed by atoms with Crippen LogP contribution >= 0.6 is 11.6 Å². The van der Waals surface area contributed by atoms with Crippen molar-refractivity contribution in [1.29, 1.82) is 0 Å². The van der Waals surface area contributed by atoms with Crippen molar-refractivity contribution in [2.45, 2.75) is 56.4 Å². The number of carbonyl (C=O) groups is 4. The van der Waals surface area contributed by atoms with Gasteiger partial charge in [0.2, 0.25) is 11.8 Å². The van der Waals surface area contributed by atoms with Crippen molar-refractivity contribution in [3.05, 3.63) is 70.7 Å². The molecule has 0 spiro atoms. The number of carbonyl (C=O) groups excluding carboxylic acids is 4. The summed E-state index contributed by atoms with van der Waals surface area (Å²) in [7, 11) is -1.80. The minimum Gasteiger partial charge on any atom is -0.495 e. The molecular weight excluding hydrogens is 640 g/mol. The Morgan fingerprint density at radius 3 is 2.37 bits per heavy atom. The first-order valence-corrected chi connectivity index (χ1v) is 16.8. The van der Waals surface area contributed by atoms with Gasteiger partial charge in [0.25, 0.3) is 5.91 Å². The number of hydrogen-bond donors (Lipinski definition) is 2. The van der Waals surface area contributed by atoms with Gasteiger partial charge in [0.1, 0.15) is 11.5 Å². The summed E-state index contributed by atoms with van der Waals surface area (Å²) in [6, 6.07) is 14.2. The third-order valence-corrected chi connectivity index (χ3v) is 9.97. The fourth-order valence-electron chi connectivity index (χ4n) is 5.21. The molecule has 15 heteroatoms. The van der Waals surface area contributed by atoms with Crippen LogP contribution in [-0.2, 0) is 34.3 Å². The number of urea groups is 1. The number of rotatable bonds is 11. The molecule has 2 aliphatic heterocycles. The van der Waals surface area contributed by atoms with Crippen LogP contribution in [0.1, 0.15) is 56.0 Å². The fourth-order valence-corrected chi connectivity index (χ4v) is 7.19. The average Bonchev–Trinajstić information content (AvgIpc) is 3.01. The van der Waals surface area contributed by atoms with E-state index in [4.69, 9.17) is 26.8 Å². The summed E-state index contributed by atoms with van der Waals surface area (Å²) in [5.74, 6) is -1.44. The molecule has 5 amide bonds. The zero-order valence-corrected chi connectivity index (χ0v) is 27.5. The van der Waals surface area contributed by atoms with Crippen molar-refractivity contribution in [3.8, 4) is 0 Å². The van der Waals surface area contributed by atoms with E-state index in [1.54, 1.807) is 61.5 Å². The highest BCUT2D eigenvalue weighted by Gasteiger charge is 2.52. The molecule has 2 aliphatic rings. The Balaban J connectivity index is 0.000000286. The summed E-state index contributed by atoms with van der Waals surface area (Å²) in [5, 5.41) is 10.1. The van der Waals surface area contributed by atoms with E-state index in [0.29, 0.717) is 22.8 Å². The molecule has 0 radical (unpaired) electrons. The predicted octanol–water partition coefficient (Wildman–Crippen LogP) is 4.15. The van der Waals surface area contributed by atoms with Gasteiger partial charge in [0.05, 0.1) is 18.9 Å². The SMILES string of the molecule is CCCCOCC(CN1C(=O)N=C(O)C(CC)(c2ccccc2)C1=O)OC(N)=O.CN1C(=O)CCS(=O)(=O)C1c1ccc(Cl)cc1. The molecule has 0 saturated carbocycles. The number of nitrogens with two attached hydrogens (primary N) is 1. The van der Waals surface area contributed by atoms with E-state index >= 15 is 0 Å². The number of primary amides is 1. The number of unbranched alkanes of at least 4 members (excludes halogenated alkanes) is 1. The standard InChI is InChI=1S/C20H27N3O6.C11H12ClNO3S/c1-3-5-11-28-13-15(29-18(21)26)12-23-17(25)20(4-2,16(24)22-19(23)27)14-9-7-6-8-10-14;1-13-10(14)6-7-17(15,16)11(13)8-2-4-9(12)5-3-8/h6-10,15H,3-5,11-13H2,1-2H3,(H2,21,26)(H,22,24,27);2-5,11H,6-7H2,1H3. The Hall–Kier alpha value is -4.01. The highest BCUT2D eigenvalue weighted by atomic mass is 35.5. The number of imide groups is 1. The molecule has 3 atom stereocenters. The molecule has 2 aromatic carbocycles. The monoisotopic (exact) mass is 678 g/mol. The van der Waals surface area contributed by atoms with Gasteiger partial charge in [-0.25, -0.2) is 18.0 Å². The van der Waals surface area contributed by atoms with Crippen molar-refractivity contribution >= 4 is 51.3 Å². The molecule has 0 aromatic heterocycles. The molecule has 3 unspecified atom stereocenters. The number of sulfone groups is 1. The Labute approximate surface area is 273 Å². The Kier molecular flexibility index (Phi) is 12.7. The van der Waals surface area contributed by atoms with Crippen LogP contribution < -0.4 is 5.73 Å². The zero-order valence-electron chi connectivity index (χ0n) is 25.9. The van der Waals surface area contributed by atoms with Crippen LogP contribution in [-0.4, -0.2) is 91.8 Å². The van der Waals surface area contributed by atoms with Crippen LogP contribution in [0.25, 0.3) is 0 Å². The van der Waals surface area contributed by atoms with Crippen LogP contribution in [0, 0.1) is 0 Å². The van der Waals surface area contributed by atoms with Crippen molar-refractivity contribution in [1.82, 2.24) is 9.80 Å². The normalized spacial score (nSPS) is 21.6. The number of aliphatic imine (C=N–C) groups is 1. The third kappa shape index (κ3) is 8.42. The van der Waals surface area contributed by atoms with Gasteiger partial charge in [-0.1, -0.05) is 74.3 Å². The molecule has 46 heavy (non-hydrogen) atoms. The van der Waals surface area contributed by atoms with Crippen LogP contribution in [0.2, 0.25) is 5.02 Å². The number of amides is 5. The summed E-state index contributed by atoms with van der Waals surface area (Å²) in [6.07, 6.45) is -0.00306. The first kappa shape index (κ1) is 36.5. The third-order valence-electron chi connectivity index (χ3n) is 7.68. The summed E-state index contributed by atoms with van der Waals surface area (Å²) in [4.78, 5) is 54.4. The van der Waals surface area contributed by atoms with Gasteiger partial charge in [-0.3, -0.25) is 14.5 Å². The maximum absolute atomic E-state index is 13.3. The van der Waals surface area contributed by atoms with Crippen LogP contribution in [0.3, 0.4) is 0 Å². The number of aliphatic hydroxyl groups is 1. The van der Waals surface area contributed by atoms with E-state index in [0.717, 1.165) is 17.7 Å².